The number of methoxy groups -OCH3 is 1. The van der Waals surface area contributed by atoms with E-state index in [2.05, 4.69) is 51.7 Å². The maximum atomic E-state index is 12.8. The minimum Gasteiger partial charge on any atom is -0.494 e. The lowest BCUT2D eigenvalue weighted by Crippen LogP contribution is -2.21. The SMILES string of the molecule is COc1cc2c(cc1Nc1ncc(Br)c(Nc3ccccc3P(C)(C)=O)n1)-c1cnnn1CCN2C. The second-order valence-corrected chi connectivity index (χ2v) is 12.9. The van der Waals surface area contributed by atoms with Crippen LogP contribution in [0.15, 0.2) is 53.3 Å². The van der Waals surface area contributed by atoms with Crippen LogP contribution < -0.4 is 25.6 Å². The quantitative estimate of drug-likeness (QED) is 0.320. The predicted molar refractivity (Wildman–Crippen MR) is 147 cm³/mol. The normalized spacial score (nSPS) is 13.0. The smallest absolute Gasteiger partial charge is 0.229 e. The second-order valence-electron chi connectivity index (χ2n) is 8.84. The summed E-state index contributed by atoms with van der Waals surface area (Å²) >= 11 is 3.52. The van der Waals surface area contributed by atoms with Crippen molar-refractivity contribution in [1.29, 1.82) is 0 Å². The molecule has 0 saturated heterocycles. The summed E-state index contributed by atoms with van der Waals surface area (Å²) in [5.74, 6) is 1.58. The molecule has 186 valence electrons. The zero-order valence-corrected chi connectivity index (χ0v) is 22.8. The summed E-state index contributed by atoms with van der Waals surface area (Å²) in [7, 11) is 1.18. The van der Waals surface area contributed by atoms with Gasteiger partial charge in [-0.3, -0.25) is 0 Å². The highest BCUT2D eigenvalue weighted by Crippen LogP contribution is 2.41. The van der Waals surface area contributed by atoms with Crippen LogP contribution in [0.1, 0.15) is 0 Å². The molecule has 0 bridgehead atoms. The van der Waals surface area contributed by atoms with Crippen molar-refractivity contribution in [2.45, 2.75) is 6.54 Å². The van der Waals surface area contributed by atoms with Gasteiger partial charge in [0.25, 0.3) is 0 Å². The molecule has 0 aliphatic carbocycles. The summed E-state index contributed by atoms with van der Waals surface area (Å²) in [5, 5.41) is 15.7. The number of fused-ring (bicyclic) bond motifs is 3. The summed E-state index contributed by atoms with van der Waals surface area (Å²) in [5.41, 5.74) is 4.38. The molecule has 36 heavy (non-hydrogen) atoms. The first-order valence-corrected chi connectivity index (χ1v) is 14.7. The molecule has 4 aromatic rings. The number of nitrogens with one attached hydrogen (secondary N) is 2. The molecule has 0 atom stereocenters. The maximum absolute atomic E-state index is 12.8. The minimum absolute atomic E-state index is 0.376. The van der Waals surface area contributed by atoms with Gasteiger partial charge in [-0.2, -0.15) is 4.98 Å². The van der Waals surface area contributed by atoms with Crippen molar-refractivity contribution < 1.29 is 9.30 Å². The monoisotopic (exact) mass is 568 g/mol. The maximum Gasteiger partial charge on any atom is 0.229 e. The van der Waals surface area contributed by atoms with Crippen LogP contribution in [0.4, 0.5) is 28.8 Å². The molecule has 2 aromatic heterocycles. The predicted octanol–water partition coefficient (Wildman–Crippen LogP) is 4.69. The van der Waals surface area contributed by atoms with E-state index < -0.39 is 7.14 Å². The average molecular weight is 569 g/mol. The van der Waals surface area contributed by atoms with Gasteiger partial charge < -0.3 is 24.8 Å². The summed E-state index contributed by atoms with van der Waals surface area (Å²) in [4.78, 5) is 11.3. The standard InChI is InChI=1S/C24H26BrN8O2P/c1-32-9-10-33-20(14-27-31-33)15-11-18(21(35-2)12-19(15)32)29-24-26-13-16(25)23(30-24)28-17-7-5-6-8-22(17)36(3,4)34/h5-8,11-14H,9-10H2,1-4H3,(H2,26,28,29,30). The number of nitrogens with zero attached hydrogens (tertiary/aromatic N) is 6. The Morgan fingerprint density at radius 1 is 1.08 bits per heavy atom. The minimum atomic E-state index is -2.50. The van der Waals surface area contributed by atoms with E-state index in [1.807, 2.05) is 48.1 Å². The first kappa shape index (κ1) is 24.3. The highest BCUT2D eigenvalue weighted by atomic mass is 79.9. The number of halogens is 1. The largest absolute Gasteiger partial charge is 0.494 e. The Balaban J connectivity index is 1.52. The molecule has 0 radical (unpaired) electrons. The zero-order valence-electron chi connectivity index (χ0n) is 20.4. The fourth-order valence-electron chi connectivity index (χ4n) is 4.17. The highest BCUT2D eigenvalue weighted by molar-refractivity contribution is 9.10. The van der Waals surface area contributed by atoms with Crippen LogP contribution in [0.3, 0.4) is 0 Å². The third-order valence-electron chi connectivity index (χ3n) is 6.00. The lowest BCUT2D eigenvalue weighted by molar-refractivity contribution is 0.417. The van der Waals surface area contributed by atoms with Gasteiger partial charge in [-0.05, 0) is 47.5 Å². The van der Waals surface area contributed by atoms with Crippen molar-refractivity contribution in [3.63, 3.8) is 0 Å². The number of anilines is 5. The van der Waals surface area contributed by atoms with Crippen molar-refractivity contribution in [2.24, 2.45) is 0 Å². The molecule has 0 amide bonds. The molecule has 10 nitrogen and oxygen atoms in total. The van der Waals surface area contributed by atoms with Crippen LogP contribution in [0.5, 0.6) is 5.75 Å². The van der Waals surface area contributed by atoms with Gasteiger partial charge in [-0.25, -0.2) is 9.67 Å². The number of rotatable bonds is 6. The lowest BCUT2D eigenvalue weighted by atomic mass is 10.1. The van der Waals surface area contributed by atoms with E-state index >= 15 is 0 Å². The second kappa shape index (κ2) is 9.55. The van der Waals surface area contributed by atoms with Crippen molar-refractivity contribution in [1.82, 2.24) is 25.0 Å². The molecule has 5 rings (SSSR count). The molecule has 3 heterocycles. The first-order valence-electron chi connectivity index (χ1n) is 11.3. The Hall–Kier alpha value is -3.43. The Morgan fingerprint density at radius 2 is 1.89 bits per heavy atom. The van der Waals surface area contributed by atoms with E-state index in [1.54, 1.807) is 32.8 Å². The lowest BCUT2D eigenvalue weighted by Gasteiger charge is -2.21. The van der Waals surface area contributed by atoms with Gasteiger partial charge in [0.1, 0.15) is 18.7 Å². The van der Waals surface area contributed by atoms with E-state index in [4.69, 9.17) is 4.74 Å². The van der Waals surface area contributed by atoms with E-state index in [0.717, 1.165) is 41.0 Å². The number of likely N-dealkylation sites (N-methyl/N-ethyl adjacent to an activating group) is 1. The van der Waals surface area contributed by atoms with Gasteiger partial charge in [0.2, 0.25) is 5.95 Å². The van der Waals surface area contributed by atoms with Crippen molar-refractivity contribution in [3.8, 4) is 17.0 Å². The van der Waals surface area contributed by atoms with Gasteiger partial charge >= 0.3 is 0 Å². The Kier molecular flexibility index (Phi) is 6.44. The molecule has 12 heteroatoms. The van der Waals surface area contributed by atoms with E-state index in [1.165, 1.54) is 0 Å². The summed E-state index contributed by atoms with van der Waals surface area (Å²) in [6, 6.07) is 11.5. The summed E-state index contributed by atoms with van der Waals surface area (Å²) in [6.07, 6.45) is 3.43. The number of ether oxygens (including phenoxy) is 1. The van der Waals surface area contributed by atoms with E-state index in [0.29, 0.717) is 27.7 Å². The van der Waals surface area contributed by atoms with E-state index in [-0.39, 0.29) is 0 Å². The van der Waals surface area contributed by atoms with Gasteiger partial charge in [0.15, 0.2) is 0 Å². The van der Waals surface area contributed by atoms with Gasteiger partial charge in [-0.1, -0.05) is 17.3 Å². The fourth-order valence-corrected chi connectivity index (χ4v) is 5.61. The molecule has 2 aromatic carbocycles. The summed E-state index contributed by atoms with van der Waals surface area (Å²) < 4.78 is 21.1. The van der Waals surface area contributed by atoms with Crippen LogP contribution in [0, 0.1) is 0 Å². The number of hydrogen-bond acceptors (Lipinski definition) is 9. The molecular formula is C24H26BrN8O2P. The van der Waals surface area contributed by atoms with Gasteiger partial charge in [0, 0.05) is 42.4 Å². The van der Waals surface area contributed by atoms with Gasteiger partial charge in [-0.15, -0.1) is 5.10 Å². The fraction of sp³-hybridized carbons (Fsp3) is 0.250. The molecule has 0 unspecified atom stereocenters. The molecule has 0 fully saturated rings. The zero-order chi connectivity index (χ0) is 25.4. The number of para-hydroxylation sites is 1. The number of hydrogen-bond donors (Lipinski definition) is 2. The third kappa shape index (κ3) is 4.68. The third-order valence-corrected chi connectivity index (χ3v) is 8.13. The van der Waals surface area contributed by atoms with Crippen LogP contribution in [0.2, 0.25) is 0 Å². The Labute approximate surface area is 217 Å². The van der Waals surface area contributed by atoms with E-state index in [9.17, 15) is 4.57 Å². The first-order chi connectivity index (χ1) is 17.2. The summed E-state index contributed by atoms with van der Waals surface area (Å²) in [6.45, 7) is 5.03. The molecule has 0 spiro atoms. The molecular weight excluding hydrogens is 543 g/mol. The highest BCUT2D eigenvalue weighted by Gasteiger charge is 2.22. The molecule has 1 aliphatic rings. The van der Waals surface area contributed by atoms with Crippen LogP contribution in [-0.2, 0) is 11.1 Å². The Bertz CT molecular complexity index is 1480. The van der Waals surface area contributed by atoms with Crippen LogP contribution >= 0.6 is 23.1 Å². The van der Waals surface area contributed by atoms with Crippen molar-refractivity contribution >= 4 is 57.2 Å². The average Bonchev–Trinajstić information content (AvgIpc) is 3.28. The van der Waals surface area contributed by atoms with Crippen LogP contribution in [0.25, 0.3) is 11.3 Å². The van der Waals surface area contributed by atoms with Crippen molar-refractivity contribution in [3.05, 3.63) is 53.3 Å². The Morgan fingerprint density at radius 3 is 2.67 bits per heavy atom. The van der Waals surface area contributed by atoms with Gasteiger partial charge in [0.05, 0.1) is 41.4 Å². The topological polar surface area (TPSA) is 110 Å². The number of aromatic nitrogens is 5. The molecule has 1 aliphatic heterocycles. The number of benzene rings is 2. The molecule has 0 saturated carbocycles. The van der Waals surface area contributed by atoms with Crippen LogP contribution in [-0.4, -0.2) is 59.0 Å². The van der Waals surface area contributed by atoms with Crippen molar-refractivity contribution in [2.75, 3.05) is 49.6 Å². The molecule has 2 N–H and O–H groups in total.